The van der Waals surface area contributed by atoms with Crippen molar-refractivity contribution < 1.29 is 0 Å². The molecule has 0 aliphatic heterocycles. The van der Waals surface area contributed by atoms with Gasteiger partial charge in [0.1, 0.15) is 0 Å². The summed E-state index contributed by atoms with van der Waals surface area (Å²) in [7, 11) is 0. The standard InChI is InChI=1S/C12H17BrN2/c13-11-4-2-1-3-10(11)7-15-9-12(8-14)5-6-12/h1-4,15H,5-9,14H2. The molecule has 3 N–H and O–H groups in total. The zero-order chi connectivity index (χ0) is 10.7. The molecule has 0 unspecified atom stereocenters. The molecule has 1 fully saturated rings. The minimum atomic E-state index is 0.418. The Morgan fingerprint density at radius 1 is 1.33 bits per heavy atom. The van der Waals surface area contributed by atoms with Gasteiger partial charge in [0.05, 0.1) is 0 Å². The predicted molar refractivity (Wildman–Crippen MR) is 66.6 cm³/mol. The molecule has 0 radical (unpaired) electrons. The van der Waals surface area contributed by atoms with Crippen LogP contribution in [0.3, 0.4) is 0 Å². The van der Waals surface area contributed by atoms with E-state index in [-0.39, 0.29) is 0 Å². The smallest absolute Gasteiger partial charge is 0.0220 e. The highest BCUT2D eigenvalue weighted by Gasteiger charge is 2.40. The molecule has 0 bridgehead atoms. The number of rotatable bonds is 5. The highest BCUT2D eigenvalue weighted by atomic mass is 79.9. The molecule has 1 saturated carbocycles. The molecule has 0 spiro atoms. The molecule has 15 heavy (non-hydrogen) atoms. The van der Waals surface area contributed by atoms with E-state index in [1.165, 1.54) is 22.9 Å². The quantitative estimate of drug-likeness (QED) is 0.860. The van der Waals surface area contributed by atoms with E-state index in [2.05, 4.69) is 39.4 Å². The SMILES string of the molecule is NCC1(CNCc2ccccc2Br)CC1. The van der Waals surface area contributed by atoms with Gasteiger partial charge in [-0.05, 0) is 36.4 Å². The minimum Gasteiger partial charge on any atom is -0.330 e. The lowest BCUT2D eigenvalue weighted by atomic mass is 10.1. The van der Waals surface area contributed by atoms with Crippen LogP contribution in [0.4, 0.5) is 0 Å². The van der Waals surface area contributed by atoms with Crippen LogP contribution in [0.2, 0.25) is 0 Å². The molecule has 0 amide bonds. The lowest BCUT2D eigenvalue weighted by Crippen LogP contribution is -2.29. The molecule has 2 rings (SSSR count). The van der Waals surface area contributed by atoms with Crippen molar-refractivity contribution in [3.05, 3.63) is 34.3 Å². The maximum atomic E-state index is 5.73. The Morgan fingerprint density at radius 2 is 2.07 bits per heavy atom. The van der Waals surface area contributed by atoms with Gasteiger partial charge in [0.15, 0.2) is 0 Å². The maximum Gasteiger partial charge on any atom is 0.0220 e. The number of hydrogen-bond donors (Lipinski definition) is 2. The van der Waals surface area contributed by atoms with Crippen molar-refractivity contribution in [2.45, 2.75) is 19.4 Å². The number of benzene rings is 1. The van der Waals surface area contributed by atoms with Crippen molar-refractivity contribution >= 4 is 15.9 Å². The summed E-state index contributed by atoms with van der Waals surface area (Å²) in [6, 6.07) is 8.32. The first-order valence-electron chi connectivity index (χ1n) is 5.40. The molecule has 1 aromatic carbocycles. The summed E-state index contributed by atoms with van der Waals surface area (Å²) in [6.45, 7) is 2.78. The number of halogens is 1. The van der Waals surface area contributed by atoms with Crippen LogP contribution in [0.25, 0.3) is 0 Å². The molecule has 1 aromatic rings. The Morgan fingerprint density at radius 3 is 2.67 bits per heavy atom. The zero-order valence-corrected chi connectivity index (χ0v) is 10.4. The summed E-state index contributed by atoms with van der Waals surface area (Å²) in [5.41, 5.74) is 7.46. The van der Waals surface area contributed by atoms with Crippen LogP contribution in [-0.2, 0) is 6.54 Å². The number of nitrogens with one attached hydrogen (secondary N) is 1. The van der Waals surface area contributed by atoms with Crippen molar-refractivity contribution in [1.29, 1.82) is 0 Å². The lowest BCUT2D eigenvalue weighted by Gasteiger charge is -2.13. The summed E-state index contributed by atoms with van der Waals surface area (Å²) >= 11 is 3.54. The van der Waals surface area contributed by atoms with Crippen molar-refractivity contribution in [3.8, 4) is 0 Å². The first-order chi connectivity index (χ1) is 7.26. The Kier molecular flexibility index (Phi) is 3.44. The Bertz CT molecular complexity index is 334. The molecule has 2 nitrogen and oxygen atoms in total. The van der Waals surface area contributed by atoms with E-state index in [9.17, 15) is 0 Å². The molecule has 1 aliphatic carbocycles. The van der Waals surface area contributed by atoms with Gasteiger partial charge in [-0.15, -0.1) is 0 Å². The van der Waals surface area contributed by atoms with Gasteiger partial charge in [0.2, 0.25) is 0 Å². The van der Waals surface area contributed by atoms with Gasteiger partial charge in [-0.25, -0.2) is 0 Å². The zero-order valence-electron chi connectivity index (χ0n) is 8.80. The van der Waals surface area contributed by atoms with Crippen LogP contribution in [-0.4, -0.2) is 13.1 Å². The second-order valence-corrected chi connectivity index (χ2v) is 5.25. The van der Waals surface area contributed by atoms with Gasteiger partial charge in [-0.2, -0.15) is 0 Å². The van der Waals surface area contributed by atoms with Gasteiger partial charge in [-0.3, -0.25) is 0 Å². The first-order valence-corrected chi connectivity index (χ1v) is 6.19. The topological polar surface area (TPSA) is 38.0 Å². The van der Waals surface area contributed by atoms with E-state index in [0.717, 1.165) is 19.6 Å². The van der Waals surface area contributed by atoms with Crippen LogP contribution in [0.5, 0.6) is 0 Å². The third-order valence-corrected chi connectivity index (χ3v) is 3.94. The molecule has 0 atom stereocenters. The summed E-state index contributed by atoms with van der Waals surface area (Å²) in [5, 5.41) is 3.49. The lowest BCUT2D eigenvalue weighted by molar-refractivity contribution is 0.467. The molecular weight excluding hydrogens is 252 g/mol. The molecule has 0 heterocycles. The Balaban J connectivity index is 1.81. The third kappa shape index (κ3) is 2.80. The van der Waals surface area contributed by atoms with E-state index in [4.69, 9.17) is 5.73 Å². The van der Waals surface area contributed by atoms with Crippen LogP contribution in [0.1, 0.15) is 18.4 Å². The van der Waals surface area contributed by atoms with Gasteiger partial charge in [0.25, 0.3) is 0 Å². The predicted octanol–water partition coefficient (Wildman–Crippen LogP) is 2.28. The van der Waals surface area contributed by atoms with E-state index in [0.29, 0.717) is 5.41 Å². The van der Waals surface area contributed by atoms with Gasteiger partial charge >= 0.3 is 0 Å². The summed E-state index contributed by atoms with van der Waals surface area (Å²) in [4.78, 5) is 0. The van der Waals surface area contributed by atoms with Crippen LogP contribution in [0, 0.1) is 5.41 Å². The summed E-state index contributed by atoms with van der Waals surface area (Å²) < 4.78 is 1.18. The van der Waals surface area contributed by atoms with Gasteiger partial charge < -0.3 is 11.1 Å². The first kappa shape index (κ1) is 11.1. The minimum absolute atomic E-state index is 0.418. The fourth-order valence-electron chi connectivity index (χ4n) is 1.73. The largest absolute Gasteiger partial charge is 0.330 e. The Hall–Kier alpha value is -0.380. The number of hydrogen-bond acceptors (Lipinski definition) is 2. The third-order valence-electron chi connectivity index (χ3n) is 3.16. The maximum absolute atomic E-state index is 5.73. The van der Waals surface area contributed by atoms with Crippen molar-refractivity contribution in [3.63, 3.8) is 0 Å². The van der Waals surface area contributed by atoms with Crippen LogP contribution < -0.4 is 11.1 Å². The second kappa shape index (κ2) is 4.64. The molecule has 1 aliphatic rings. The highest BCUT2D eigenvalue weighted by molar-refractivity contribution is 9.10. The monoisotopic (exact) mass is 268 g/mol. The average Bonchev–Trinajstić information content (AvgIpc) is 3.02. The summed E-state index contributed by atoms with van der Waals surface area (Å²) in [5.74, 6) is 0. The van der Waals surface area contributed by atoms with Gasteiger partial charge in [-0.1, -0.05) is 34.1 Å². The van der Waals surface area contributed by atoms with Crippen molar-refractivity contribution in [2.75, 3.05) is 13.1 Å². The fraction of sp³-hybridized carbons (Fsp3) is 0.500. The Labute approximate surface area is 99.4 Å². The molecule has 82 valence electrons. The normalized spacial score (nSPS) is 17.7. The molecule has 0 aromatic heterocycles. The number of nitrogens with two attached hydrogens (primary N) is 1. The van der Waals surface area contributed by atoms with Crippen LogP contribution >= 0.6 is 15.9 Å². The van der Waals surface area contributed by atoms with E-state index < -0.39 is 0 Å². The highest BCUT2D eigenvalue weighted by Crippen LogP contribution is 2.43. The molecule has 3 heteroatoms. The van der Waals surface area contributed by atoms with E-state index >= 15 is 0 Å². The van der Waals surface area contributed by atoms with E-state index in [1.54, 1.807) is 0 Å². The van der Waals surface area contributed by atoms with Gasteiger partial charge in [0, 0.05) is 17.6 Å². The second-order valence-electron chi connectivity index (χ2n) is 4.40. The summed E-state index contributed by atoms with van der Waals surface area (Å²) in [6.07, 6.45) is 2.57. The average molecular weight is 269 g/mol. The molecule has 0 saturated heterocycles. The van der Waals surface area contributed by atoms with E-state index in [1.807, 2.05) is 6.07 Å². The van der Waals surface area contributed by atoms with Crippen molar-refractivity contribution in [2.24, 2.45) is 11.1 Å². The molecular formula is C12H17BrN2. The van der Waals surface area contributed by atoms with Crippen molar-refractivity contribution in [1.82, 2.24) is 5.32 Å². The van der Waals surface area contributed by atoms with Crippen LogP contribution in [0.15, 0.2) is 28.7 Å². The fourth-order valence-corrected chi connectivity index (χ4v) is 2.16.